The molecule has 0 nitrogen and oxygen atoms in total. The maximum absolute atomic E-state index is 2.57. The molecule has 5 rings (SSSR count). The molecule has 3 aliphatic carbocycles. The first-order chi connectivity index (χ1) is 14.9. The molecule has 0 aliphatic heterocycles. The van der Waals surface area contributed by atoms with Crippen LogP contribution in [0.5, 0.6) is 0 Å². The maximum atomic E-state index is 2.57. The molecular weight excluding hydrogens is 555 g/mol. The van der Waals surface area contributed by atoms with Gasteiger partial charge in [-0.2, -0.15) is 0 Å². The van der Waals surface area contributed by atoms with E-state index in [4.69, 9.17) is 0 Å². The van der Waals surface area contributed by atoms with E-state index in [1.165, 1.54) is 22.3 Å². The predicted octanol–water partition coefficient (Wildman–Crippen LogP) is 7.74. The normalized spacial score (nSPS) is 19.9. The fourth-order valence-electron chi connectivity index (χ4n) is 6.09. The van der Waals surface area contributed by atoms with Crippen LogP contribution in [0.2, 0.25) is 22.5 Å². The van der Waals surface area contributed by atoms with E-state index in [2.05, 4.69) is 103 Å². The number of benzene rings is 2. The van der Waals surface area contributed by atoms with Crippen molar-refractivity contribution in [1.29, 1.82) is 0 Å². The summed E-state index contributed by atoms with van der Waals surface area (Å²) in [5, 5.41) is 1.66. The third-order valence-electron chi connectivity index (χ3n) is 7.27. The van der Waals surface area contributed by atoms with Crippen molar-refractivity contribution < 1.29 is 21.4 Å². The van der Waals surface area contributed by atoms with Gasteiger partial charge in [0, 0.05) is 0 Å². The molecule has 0 saturated carbocycles. The molecule has 0 amide bonds. The van der Waals surface area contributed by atoms with E-state index in [0.29, 0.717) is 11.8 Å². The van der Waals surface area contributed by atoms with Gasteiger partial charge in [0.05, 0.1) is 0 Å². The van der Waals surface area contributed by atoms with E-state index in [1.54, 1.807) is 30.8 Å². The van der Waals surface area contributed by atoms with Gasteiger partial charge in [-0.3, -0.25) is 0 Å². The Morgan fingerprint density at radius 3 is 1.97 bits per heavy atom. The first kappa shape index (κ1) is 21.2. The number of rotatable bonds is 2. The van der Waals surface area contributed by atoms with Crippen LogP contribution in [0.15, 0.2) is 92.4 Å². The van der Waals surface area contributed by atoms with Crippen LogP contribution < -0.4 is 0 Å². The second kappa shape index (κ2) is 8.05. The summed E-state index contributed by atoms with van der Waals surface area (Å²) < 4.78 is 6.90. The Morgan fingerprint density at radius 1 is 0.839 bits per heavy atom. The Balaban J connectivity index is 1.85. The van der Waals surface area contributed by atoms with Gasteiger partial charge in [0.2, 0.25) is 0 Å². The van der Waals surface area contributed by atoms with Crippen LogP contribution in [0.1, 0.15) is 30.9 Å². The standard InChI is InChI=1S/C27H25Si.2CH3.Hf/c1-17-16-19-10-9-15-24(28(3)4)18(2)26(19)25(17)27-22-13-7-5-11-20(22)21-12-6-8-14-23(21)27;;;/h5-15,18,27H,1-4H3;2*1H3;. The number of hydrogen-bond donors (Lipinski definition) is 0. The van der Waals surface area contributed by atoms with Gasteiger partial charge in [-0.1, -0.05) is 0 Å². The molecule has 0 radical (unpaired) electrons. The zero-order chi connectivity index (χ0) is 21.9. The average molecular weight is 586 g/mol. The van der Waals surface area contributed by atoms with Crippen LogP contribution in [0.25, 0.3) is 11.1 Å². The van der Waals surface area contributed by atoms with Crippen LogP contribution in [0, 0.1) is 5.92 Å². The summed E-state index contributed by atoms with van der Waals surface area (Å²) in [6.45, 7) is 9.81. The van der Waals surface area contributed by atoms with Gasteiger partial charge in [0.25, 0.3) is 0 Å². The van der Waals surface area contributed by atoms with E-state index in [9.17, 15) is 0 Å². The summed E-state index contributed by atoms with van der Waals surface area (Å²) >= 11 is -1.79. The fraction of sp³-hybridized carbons (Fsp3) is 0.276. The first-order valence-electron chi connectivity index (χ1n) is 11.4. The average Bonchev–Trinajstić information content (AvgIpc) is 3.15. The molecule has 0 heterocycles. The van der Waals surface area contributed by atoms with Crippen molar-refractivity contribution in [2.24, 2.45) is 5.92 Å². The molecule has 2 heteroatoms. The van der Waals surface area contributed by atoms with Crippen molar-refractivity contribution in [1.82, 2.24) is 0 Å². The van der Waals surface area contributed by atoms with Gasteiger partial charge in [0.15, 0.2) is 0 Å². The van der Waals surface area contributed by atoms with E-state index >= 15 is 0 Å². The summed E-state index contributed by atoms with van der Waals surface area (Å²) in [5.74, 6) is 0.863. The molecule has 0 saturated heterocycles. The van der Waals surface area contributed by atoms with Crippen LogP contribution in [-0.2, 0) is 21.4 Å². The van der Waals surface area contributed by atoms with Crippen molar-refractivity contribution in [3.8, 4) is 11.1 Å². The molecule has 1 unspecified atom stereocenters. The van der Waals surface area contributed by atoms with Crippen molar-refractivity contribution in [2.75, 3.05) is 0 Å². The molecule has 2 aromatic rings. The Bertz CT molecular complexity index is 1200. The monoisotopic (exact) mass is 587 g/mol. The van der Waals surface area contributed by atoms with E-state index in [-0.39, 0.29) is 0 Å². The molecule has 2 aromatic carbocycles. The second-order valence-electron chi connectivity index (χ2n) is 9.55. The summed E-state index contributed by atoms with van der Waals surface area (Å²) in [6.07, 6.45) is 7.25. The van der Waals surface area contributed by atoms with Crippen molar-refractivity contribution in [3.05, 3.63) is 104 Å². The Morgan fingerprint density at radius 2 is 1.42 bits per heavy atom. The third kappa shape index (κ3) is 3.21. The summed E-state index contributed by atoms with van der Waals surface area (Å²) in [4.78, 5) is 0. The molecule has 0 aromatic heterocycles. The Labute approximate surface area is 196 Å². The van der Waals surface area contributed by atoms with Gasteiger partial charge in [-0.15, -0.1) is 0 Å². The van der Waals surface area contributed by atoms with Crippen molar-refractivity contribution >= 4 is 13.6 Å². The van der Waals surface area contributed by atoms with Crippen LogP contribution in [0.4, 0.5) is 0 Å². The SMILES string of the molecule is CC1=[C]([Hf]([CH3])[CH3])C2=CC=CC(=[Si](C)C)C(C)C2=C1C1c2ccccc2-c2ccccc21. The molecule has 3 aliphatic rings. The van der Waals surface area contributed by atoms with Crippen molar-refractivity contribution in [2.45, 2.75) is 42.2 Å². The molecule has 0 fully saturated rings. The van der Waals surface area contributed by atoms with Gasteiger partial charge in [-0.25, -0.2) is 0 Å². The fourth-order valence-corrected chi connectivity index (χ4v) is 13.4. The van der Waals surface area contributed by atoms with Crippen molar-refractivity contribution in [3.63, 3.8) is 0 Å². The second-order valence-corrected chi connectivity index (χ2v) is 21.1. The summed E-state index contributed by atoms with van der Waals surface area (Å²) in [5.41, 5.74) is 12.3. The van der Waals surface area contributed by atoms with E-state index in [0.717, 1.165) is 0 Å². The molecule has 0 spiro atoms. The minimum absolute atomic E-state index is 0.361. The molecule has 31 heavy (non-hydrogen) atoms. The number of hydrogen-bond acceptors (Lipinski definition) is 0. The van der Waals surface area contributed by atoms with Gasteiger partial charge >= 0.3 is 198 Å². The van der Waals surface area contributed by atoms with Gasteiger partial charge in [-0.05, 0) is 0 Å². The summed E-state index contributed by atoms with van der Waals surface area (Å²) in [6, 6.07) is 18.2. The van der Waals surface area contributed by atoms with Crippen LogP contribution >= 0.6 is 0 Å². The third-order valence-corrected chi connectivity index (χ3v) is 14.9. The van der Waals surface area contributed by atoms with Crippen LogP contribution in [0.3, 0.4) is 0 Å². The number of allylic oxidation sites excluding steroid dienone is 8. The predicted molar refractivity (Wildman–Crippen MR) is 134 cm³/mol. The zero-order valence-corrected chi connectivity index (χ0v) is 24.1. The molecule has 155 valence electrons. The molecule has 0 bridgehead atoms. The zero-order valence-electron chi connectivity index (χ0n) is 19.5. The molecular formula is C29H31HfSi. The van der Waals surface area contributed by atoms with E-state index < -0.39 is 29.8 Å². The van der Waals surface area contributed by atoms with Crippen LogP contribution in [-0.4, -0.2) is 13.6 Å². The topological polar surface area (TPSA) is 0 Å². The first-order valence-corrected chi connectivity index (χ1v) is 22.9. The summed E-state index contributed by atoms with van der Waals surface area (Å²) in [7, 11) is -0.504. The number of fused-ring (bicyclic) bond motifs is 4. The minimum atomic E-state index is -1.79. The quantitative estimate of drug-likeness (QED) is 0.316. The van der Waals surface area contributed by atoms with Gasteiger partial charge in [0.1, 0.15) is 0 Å². The Hall–Kier alpha value is -1.64. The van der Waals surface area contributed by atoms with Gasteiger partial charge < -0.3 is 0 Å². The van der Waals surface area contributed by atoms with E-state index in [1.807, 2.05) is 0 Å². The molecule has 0 N–H and O–H groups in total. The Kier molecular flexibility index (Phi) is 5.51. The molecule has 1 atom stereocenters.